The molecule has 0 rings (SSSR count). The van der Waals surface area contributed by atoms with E-state index >= 15 is 0 Å². The van der Waals surface area contributed by atoms with Crippen LogP contribution in [-0.4, -0.2) is 55.6 Å². The third-order valence-corrected chi connectivity index (χ3v) is 11.7. The second-order valence-electron chi connectivity index (χ2n) is 15.3. The maximum absolute atomic E-state index is 5.32. The van der Waals surface area contributed by atoms with Crippen LogP contribution < -0.4 is 0 Å². The molecule has 0 saturated heterocycles. The summed E-state index contributed by atoms with van der Waals surface area (Å²) >= 11 is 24.3. The Morgan fingerprint density at radius 2 is 0.625 bits per heavy atom. The molecule has 0 aromatic carbocycles. The van der Waals surface area contributed by atoms with Gasteiger partial charge in [-0.2, -0.15) is 0 Å². The van der Waals surface area contributed by atoms with E-state index in [-0.39, 0.29) is 11.0 Å². The van der Waals surface area contributed by atoms with Gasteiger partial charge < -0.3 is 70.4 Å². The molecule has 0 spiro atoms. The third kappa shape index (κ3) is 54.0. The standard InChI is InChI=1S/C27H55NS2.C17H35NS2.2Mo.2H2O.2S/c1-3-5-7-9-11-13-15-17-19-21-23-25-28(27(29)30)26-24-22-20-18-16-14-12-10-8-6-4-2;1-5-9-11-15(7-3)13-18(17(19)20)14-16(8-4)12-10-6-2;;;;;;/h3-26H2,1-2H3,(H,29,30);15-16H,5-14H2,1-4H3,(H,19,20);;;2*1H2;;/p-2. The SMILES string of the molecule is CCCCC(CC)CN(CC(CC)CCCC)C(=S)[S-].CCCCCCCCCCCCCN(CCCCCCCCCCCCC)C(=S)[S-].O.O.[S]=[Mo].[S]=[Mo]. The van der Waals surface area contributed by atoms with E-state index in [4.69, 9.17) is 49.7 Å². The van der Waals surface area contributed by atoms with Crippen molar-refractivity contribution < 1.29 is 46.9 Å². The maximum atomic E-state index is 5.32. The minimum atomic E-state index is 0. The molecule has 12 heteroatoms. The van der Waals surface area contributed by atoms with Crippen LogP contribution in [0, 0.1) is 11.8 Å². The van der Waals surface area contributed by atoms with Gasteiger partial charge in [0, 0.05) is 26.2 Å². The summed E-state index contributed by atoms with van der Waals surface area (Å²) in [5, 5.41) is 0. The van der Waals surface area contributed by atoms with Gasteiger partial charge >= 0.3 is 55.6 Å². The summed E-state index contributed by atoms with van der Waals surface area (Å²) < 4.78 is 1.36. The fourth-order valence-electron chi connectivity index (χ4n) is 6.91. The molecule has 340 valence electrons. The normalized spacial score (nSPS) is 11.1. The van der Waals surface area contributed by atoms with Crippen molar-refractivity contribution >= 4 is 78.0 Å². The summed E-state index contributed by atoms with van der Waals surface area (Å²) in [7, 11) is 8.19. The molecule has 0 saturated carbocycles. The van der Waals surface area contributed by atoms with Gasteiger partial charge in [-0.25, -0.2) is 0 Å². The summed E-state index contributed by atoms with van der Waals surface area (Å²) in [5.41, 5.74) is 0. The zero-order valence-corrected chi connectivity index (χ0v) is 46.3. The quantitative estimate of drug-likeness (QED) is 0.0266. The Labute approximate surface area is 403 Å². The van der Waals surface area contributed by atoms with Gasteiger partial charge in [0.25, 0.3) is 0 Å². The zero-order valence-electron chi connectivity index (χ0n) is 37.4. The van der Waals surface area contributed by atoms with Crippen LogP contribution in [0.2, 0.25) is 0 Å². The zero-order chi connectivity index (χ0) is 41.5. The van der Waals surface area contributed by atoms with Crippen LogP contribution in [0.25, 0.3) is 0 Å². The van der Waals surface area contributed by atoms with E-state index in [0.717, 1.165) is 38.0 Å². The monoisotopic (exact) mass is 1070 g/mol. The van der Waals surface area contributed by atoms with Crippen LogP contribution in [-0.2, 0) is 61.2 Å². The number of hydrogen-bond acceptors (Lipinski definition) is 6. The van der Waals surface area contributed by atoms with Gasteiger partial charge in [0.05, 0.1) is 0 Å². The molecule has 0 heterocycles. The van der Waals surface area contributed by atoms with Gasteiger partial charge in [-0.3, -0.25) is 0 Å². The van der Waals surface area contributed by atoms with Crippen molar-refractivity contribution in [2.24, 2.45) is 11.8 Å². The Bertz CT molecular complexity index is 718. The molecule has 0 aliphatic rings. The second-order valence-corrected chi connectivity index (χ2v) is 17.4. The topological polar surface area (TPSA) is 69.5 Å². The molecule has 4 nitrogen and oxygen atoms in total. The van der Waals surface area contributed by atoms with E-state index in [1.807, 2.05) is 0 Å². The summed E-state index contributed by atoms with van der Waals surface area (Å²) in [5.74, 6) is 1.50. The molecule has 4 N–H and O–H groups in total. The molecule has 0 amide bonds. The van der Waals surface area contributed by atoms with Crippen molar-refractivity contribution in [2.75, 3.05) is 26.2 Å². The molecule has 0 aromatic rings. The molecule has 0 aliphatic carbocycles. The number of rotatable bonds is 36. The van der Waals surface area contributed by atoms with Gasteiger partial charge in [-0.1, -0.05) is 217 Å². The van der Waals surface area contributed by atoms with E-state index in [0.29, 0.717) is 8.64 Å². The van der Waals surface area contributed by atoms with Gasteiger partial charge in [0.2, 0.25) is 0 Å². The first-order valence-corrected chi connectivity index (χ1v) is 29.8. The average molecular weight is 1070 g/mol. The molecule has 0 bridgehead atoms. The van der Waals surface area contributed by atoms with E-state index in [2.05, 4.69) is 71.0 Å². The predicted octanol–water partition coefficient (Wildman–Crippen LogP) is 14.9. The van der Waals surface area contributed by atoms with Crippen molar-refractivity contribution in [1.82, 2.24) is 9.80 Å². The Morgan fingerprint density at radius 3 is 0.839 bits per heavy atom. The van der Waals surface area contributed by atoms with Gasteiger partial charge in [-0.15, -0.1) is 0 Å². The molecule has 0 radical (unpaired) electrons. The van der Waals surface area contributed by atoms with Gasteiger partial charge in [-0.05, 0) is 37.5 Å². The molecule has 0 aliphatic heterocycles. The van der Waals surface area contributed by atoms with Crippen molar-refractivity contribution in [3.05, 3.63) is 0 Å². The fourth-order valence-corrected chi connectivity index (χ4v) is 7.57. The molecule has 0 fully saturated rings. The summed E-state index contributed by atoms with van der Waals surface area (Å²) in [6, 6.07) is 0. The van der Waals surface area contributed by atoms with Crippen molar-refractivity contribution in [3.8, 4) is 0 Å². The molecular weight excluding hydrogens is 973 g/mol. The van der Waals surface area contributed by atoms with E-state index in [1.165, 1.54) is 229 Å². The number of unbranched alkanes of at least 4 members (excludes halogenated alkanes) is 22. The molecule has 56 heavy (non-hydrogen) atoms. The van der Waals surface area contributed by atoms with Crippen molar-refractivity contribution in [3.63, 3.8) is 0 Å². The predicted molar refractivity (Wildman–Crippen MR) is 265 cm³/mol. The Balaban J connectivity index is -0.000000210. The Morgan fingerprint density at radius 1 is 0.393 bits per heavy atom. The summed E-state index contributed by atoms with van der Waals surface area (Å²) in [6.07, 6.45) is 41.0. The van der Waals surface area contributed by atoms with Crippen LogP contribution in [0.4, 0.5) is 0 Å². The first-order chi connectivity index (χ1) is 26.3. The van der Waals surface area contributed by atoms with Crippen LogP contribution in [0.1, 0.15) is 234 Å². The number of thiocarbonyl (C=S) groups is 2. The van der Waals surface area contributed by atoms with E-state index < -0.39 is 0 Å². The van der Waals surface area contributed by atoms with E-state index in [9.17, 15) is 0 Å². The molecular formula is C44H92Mo2N2O2S6-2. The third-order valence-electron chi connectivity index (χ3n) is 10.6. The number of hydrogen-bond donors (Lipinski definition) is 0. The van der Waals surface area contributed by atoms with Crippen LogP contribution >= 0.6 is 44.1 Å². The Hall–Kier alpha value is 1.96. The first kappa shape index (κ1) is 69.6. The van der Waals surface area contributed by atoms with Crippen molar-refractivity contribution in [1.29, 1.82) is 0 Å². The summed E-state index contributed by atoms with van der Waals surface area (Å²) in [4.78, 5) is 4.59. The minimum absolute atomic E-state index is 0. The van der Waals surface area contributed by atoms with Crippen molar-refractivity contribution in [2.45, 2.75) is 234 Å². The molecule has 2 unspecified atom stereocenters. The fraction of sp³-hybridized carbons (Fsp3) is 0.955. The first-order valence-electron chi connectivity index (χ1n) is 22.6. The van der Waals surface area contributed by atoms with Crippen LogP contribution in [0.5, 0.6) is 0 Å². The van der Waals surface area contributed by atoms with E-state index in [1.54, 1.807) is 0 Å². The summed E-state index contributed by atoms with van der Waals surface area (Å²) in [6.45, 7) is 18.0. The molecule has 0 aromatic heterocycles. The number of nitrogens with zero attached hydrogens (tertiary/aromatic N) is 2. The second kappa shape index (κ2) is 61.3. The molecule has 2 atom stereocenters. The Kier molecular flexibility index (Phi) is 76.2. The van der Waals surface area contributed by atoms with Gasteiger partial charge in [0.15, 0.2) is 0 Å². The van der Waals surface area contributed by atoms with Gasteiger partial charge in [0.1, 0.15) is 0 Å². The average Bonchev–Trinajstić information content (AvgIpc) is 3.19. The van der Waals surface area contributed by atoms with Crippen LogP contribution in [0.15, 0.2) is 0 Å². The van der Waals surface area contributed by atoms with Crippen LogP contribution in [0.3, 0.4) is 0 Å².